The Bertz CT molecular complexity index is 422. The third-order valence-electron chi connectivity index (χ3n) is 3.62. The van der Waals surface area contributed by atoms with Crippen LogP contribution >= 0.6 is 34.2 Å². The van der Waals surface area contributed by atoms with Crippen molar-refractivity contribution in [2.24, 2.45) is 5.92 Å². The Morgan fingerprint density at radius 2 is 2.17 bits per heavy atom. The van der Waals surface area contributed by atoms with E-state index in [2.05, 4.69) is 59.6 Å². The maximum Gasteiger partial charge on any atom is 0.0506 e. The van der Waals surface area contributed by atoms with Crippen LogP contribution in [0.1, 0.15) is 20.8 Å². The Morgan fingerprint density at radius 1 is 1.44 bits per heavy atom. The van der Waals surface area contributed by atoms with Crippen molar-refractivity contribution >= 4 is 39.9 Å². The first kappa shape index (κ1) is 14.4. The van der Waals surface area contributed by atoms with Crippen LogP contribution in [0.2, 0.25) is 5.02 Å². The molecule has 2 nitrogen and oxygen atoms in total. The lowest BCUT2D eigenvalue weighted by atomic mass is 9.99. The monoisotopic (exact) mass is 378 g/mol. The summed E-state index contributed by atoms with van der Waals surface area (Å²) in [4.78, 5) is 2.50. The van der Waals surface area contributed by atoms with E-state index in [9.17, 15) is 0 Å². The van der Waals surface area contributed by atoms with Crippen molar-refractivity contribution in [3.8, 4) is 0 Å². The third-order valence-corrected chi connectivity index (χ3v) is 4.72. The second kappa shape index (κ2) is 5.97. The number of halogens is 2. The summed E-state index contributed by atoms with van der Waals surface area (Å²) in [7, 11) is 0. The molecule has 0 spiro atoms. The van der Waals surface area contributed by atoms with Crippen molar-refractivity contribution in [3.63, 3.8) is 0 Å². The van der Waals surface area contributed by atoms with E-state index in [1.807, 2.05) is 12.1 Å². The number of anilines is 1. The Hall–Kier alpha value is -0.0000000000000000763. The van der Waals surface area contributed by atoms with Gasteiger partial charge in [0, 0.05) is 33.8 Å². The molecule has 2 unspecified atom stereocenters. The molecule has 0 radical (unpaired) electrons. The highest BCUT2D eigenvalue weighted by Gasteiger charge is 2.27. The van der Waals surface area contributed by atoms with Gasteiger partial charge < -0.3 is 10.2 Å². The third kappa shape index (κ3) is 3.11. The van der Waals surface area contributed by atoms with E-state index in [0.717, 1.165) is 18.1 Å². The van der Waals surface area contributed by atoms with Crippen molar-refractivity contribution < 1.29 is 0 Å². The van der Waals surface area contributed by atoms with Crippen LogP contribution < -0.4 is 10.2 Å². The summed E-state index contributed by atoms with van der Waals surface area (Å²) in [6, 6.07) is 7.25. The molecule has 0 bridgehead atoms. The van der Waals surface area contributed by atoms with Gasteiger partial charge in [-0.3, -0.25) is 0 Å². The first-order valence-corrected chi connectivity index (χ1v) is 7.89. The number of hydrogen-bond donors (Lipinski definition) is 1. The topological polar surface area (TPSA) is 15.3 Å². The van der Waals surface area contributed by atoms with E-state index in [1.54, 1.807) is 0 Å². The average Bonchev–Trinajstić information content (AvgIpc) is 2.30. The lowest BCUT2D eigenvalue weighted by molar-refractivity contribution is 0.336. The molecule has 0 aliphatic carbocycles. The quantitative estimate of drug-likeness (QED) is 0.788. The zero-order chi connectivity index (χ0) is 13.3. The van der Waals surface area contributed by atoms with Crippen molar-refractivity contribution in [1.82, 2.24) is 5.32 Å². The zero-order valence-corrected chi connectivity index (χ0v) is 14.0. The van der Waals surface area contributed by atoms with Crippen molar-refractivity contribution in [2.45, 2.75) is 32.9 Å². The van der Waals surface area contributed by atoms with Gasteiger partial charge in [0.15, 0.2) is 0 Å². The van der Waals surface area contributed by atoms with E-state index >= 15 is 0 Å². The second-order valence-electron chi connectivity index (χ2n) is 5.36. The summed E-state index contributed by atoms with van der Waals surface area (Å²) < 4.78 is 1.23. The van der Waals surface area contributed by atoms with E-state index in [-0.39, 0.29) is 0 Å². The van der Waals surface area contributed by atoms with Crippen LogP contribution in [0.15, 0.2) is 18.2 Å². The minimum absolute atomic E-state index is 0.523. The molecule has 1 N–H and O–H groups in total. The van der Waals surface area contributed by atoms with E-state index in [0.29, 0.717) is 18.0 Å². The Morgan fingerprint density at radius 3 is 2.78 bits per heavy atom. The molecule has 1 saturated heterocycles. The number of rotatable bonds is 2. The summed E-state index contributed by atoms with van der Waals surface area (Å²) in [5.41, 5.74) is 1.31. The fourth-order valence-electron chi connectivity index (χ4n) is 2.39. The Labute approximate surface area is 128 Å². The molecule has 0 amide bonds. The summed E-state index contributed by atoms with van der Waals surface area (Å²) in [5, 5.41) is 4.44. The molecule has 100 valence electrons. The number of piperazine rings is 1. The first-order chi connectivity index (χ1) is 8.49. The van der Waals surface area contributed by atoms with Crippen LogP contribution in [-0.2, 0) is 0 Å². The van der Waals surface area contributed by atoms with Crippen LogP contribution in [0.5, 0.6) is 0 Å². The van der Waals surface area contributed by atoms with Gasteiger partial charge in [-0.1, -0.05) is 25.4 Å². The van der Waals surface area contributed by atoms with Gasteiger partial charge in [0.05, 0.1) is 5.69 Å². The van der Waals surface area contributed by atoms with Gasteiger partial charge in [-0.05, 0) is 53.6 Å². The fraction of sp³-hybridized carbons (Fsp3) is 0.571. The maximum atomic E-state index is 6.04. The minimum Gasteiger partial charge on any atom is -0.365 e. The standard InChI is InChI=1S/C14H20ClIN2/c1-9(2)13-8-18(10(3)7-17-13)14-5-4-11(15)6-12(14)16/h4-6,9-10,13,17H,7-8H2,1-3H3. The highest BCUT2D eigenvalue weighted by atomic mass is 127. The fourth-order valence-corrected chi connectivity index (χ4v) is 3.57. The average molecular weight is 379 g/mol. The van der Waals surface area contributed by atoms with Crippen molar-refractivity contribution in [2.75, 3.05) is 18.0 Å². The predicted molar refractivity (Wildman–Crippen MR) is 87.6 cm³/mol. The molecule has 1 heterocycles. The smallest absolute Gasteiger partial charge is 0.0506 e. The molecule has 4 heteroatoms. The minimum atomic E-state index is 0.523. The van der Waals surface area contributed by atoms with Crippen LogP contribution in [0.4, 0.5) is 5.69 Å². The van der Waals surface area contributed by atoms with Gasteiger partial charge in [0.1, 0.15) is 0 Å². The predicted octanol–water partition coefficient (Wildman–Crippen LogP) is 3.77. The largest absolute Gasteiger partial charge is 0.365 e. The summed E-state index contributed by atoms with van der Waals surface area (Å²) in [6.45, 7) is 8.93. The van der Waals surface area contributed by atoms with Crippen molar-refractivity contribution in [3.05, 3.63) is 26.8 Å². The van der Waals surface area contributed by atoms with Gasteiger partial charge in [-0.15, -0.1) is 0 Å². The Balaban J connectivity index is 2.24. The van der Waals surface area contributed by atoms with Gasteiger partial charge in [0.2, 0.25) is 0 Å². The van der Waals surface area contributed by atoms with E-state index in [4.69, 9.17) is 11.6 Å². The number of nitrogens with one attached hydrogen (secondary N) is 1. The van der Waals surface area contributed by atoms with Crippen LogP contribution in [0.25, 0.3) is 0 Å². The lowest BCUT2D eigenvalue weighted by Gasteiger charge is -2.42. The Kier molecular flexibility index (Phi) is 4.78. The molecule has 18 heavy (non-hydrogen) atoms. The number of benzene rings is 1. The molecular formula is C14H20ClIN2. The highest BCUT2D eigenvalue weighted by molar-refractivity contribution is 14.1. The molecule has 1 aromatic rings. The van der Waals surface area contributed by atoms with Gasteiger partial charge in [-0.2, -0.15) is 0 Å². The normalized spacial score (nSPS) is 24.7. The molecular weight excluding hydrogens is 359 g/mol. The summed E-state index contributed by atoms with van der Waals surface area (Å²) in [6.07, 6.45) is 0. The zero-order valence-electron chi connectivity index (χ0n) is 11.1. The van der Waals surface area contributed by atoms with E-state index < -0.39 is 0 Å². The molecule has 1 fully saturated rings. The van der Waals surface area contributed by atoms with Gasteiger partial charge in [0.25, 0.3) is 0 Å². The lowest BCUT2D eigenvalue weighted by Crippen LogP contribution is -2.57. The SMILES string of the molecule is CC(C)C1CN(c2ccc(Cl)cc2I)C(C)CN1. The van der Waals surface area contributed by atoms with E-state index in [1.165, 1.54) is 9.26 Å². The molecule has 1 aromatic carbocycles. The molecule has 2 atom stereocenters. The van der Waals surface area contributed by atoms with Gasteiger partial charge >= 0.3 is 0 Å². The second-order valence-corrected chi connectivity index (χ2v) is 6.95. The van der Waals surface area contributed by atoms with Crippen LogP contribution in [-0.4, -0.2) is 25.2 Å². The highest BCUT2D eigenvalue weighted by Crippen LogP contribution is 2.29. The first-order valence-electron chi connectivity index (χ1n) is 6.44. The number of nitrogens with zero attached hydrogens (tertiary/aromatic N) is 1. The van der Waals surface area contributed by atoms with Gasteiger partial charge in [-0.25, -0.2) is 0 Å². The van der Waals surface area contributed by atoms with Crippen LogP contribution in [0, 0.1) is 9.49 Å². The molecule has 0 saturated carbocycles. The molecule has 1 aliphatic rings. The van der Waals surface area contributed by atoms with Crippen LogP contribution in [0.3, 0.4) is 0 Å². The number of hydrogen-bond acceptors (Lipinski definition) is 2. The molecule has 1 aliphatic heterocycles. The van der Waals surface area contributed by atoms with Crippen molar-refractivity contribution in [1.29, 1.82) is 0 Å². The molecule has 2 rings (SSSR count). The molecule has 0 aromatic heterocycles. The summed E-state index contributed by atoms with van der Waals surface area (Å²) in [5.74, 6) is 0.657. The summed E-state index contributed by atoms with van der Waals surface area (Å²) >= 11 is 8.41. The maximum absolute atomic E-state index is 6.04.